The number of halogens is 2. The number of likely N-dealkylation sites (N-methyl/N-ethyl adjacent to an activating group) is 1. The Hall–Kier alpha value is -4.77. The minimum Gasteiger partial charge on any atom is -0.493 e. The smallest absolute Gasteiger partial charge is 0.247 e. The fraction of sp³-hybridized carbons (Fsp3) is 0.361. The van der Waals surface area contributed by atoms with Crippen LogP contribution in [0.3, 0.4) is 0 Å². The predicted molar refractivity (Wildman–Crippen MR) is 176 cm³/mol. The van der Waals surface area contributed by atoms with E-state index in [0.717, 1.165) is 19.2 Å². The molecule has 0 aliphatic heterocycles. The van der Waals surface area contributed by atoms with Crippen molar-refractivity contribution in [3.05, 3.63) is 78.5 Å². The van der Waals surface area contributed by atoms with Crippen LogP contribution in [-0.4, -0.2) is 54.5 Å². The summed E-state index contributed by atoms with van der Waals surface area (Å²) in [5.74, 6) is -2.09. The minimum atomic E-state index is -1.47. The van der Waals surface area contributed by atoms with Crippen LogP contribution in [0.25, 0.3) is 10.9 Å². The van der Waals surface area contributed by atoms with Crippen molar-refractivity contribution in [2.24, 2.45) is 23.0 Å². The maximum Gasteiger partial charge on any atom is 0.247 e. The number of primary amides is 1. The number of nitrogens with zero attached hydrogens (tertiary/aromatic N) is 3. The van der Waals surface area contributed by atoms with Gasteiger partial charge in [0.1, 0.15) is 23.6 Å². The van der Waals surface area contributed by atoms with Crippen LogP contribution < -0.4 is 24.8 Å². The van der Waals surface area contributed by atoms with Gasteiger partial charge in [0.2, 0.25) is 11.8 Å². The van der Waals surface area contributed by atoms with E-state index in [4.69, 9.17) is 19.9 Å². The van der Waals surface area contributed by atoms with Gasteiger partial charge in [-0.2, -0.15) is 0 Å². The third-order valence-electron chi connectivity index (χ3n) is 9.42. The van der Waals surface area contributed by atoms with E-state index in [1.807, 2.05) is 0 Å². The molecule has 0 bridgehead atoms. The van der Waals surface area contributed by atoms with E-state index in [-0.39, 0.29) is 35.0 Å². The highest BCUT2D eigenvalue weighted by molar-refractivity contribution is 6.17. The lowest BCUT2D eigenvalue weighted by molar-refractivity contribution is -0.134. The van der Waals surface area contributed by atoms with E-state index in [0.29, 0.717) is 34.8 Å². The summed E-state index contributed by atoms with van der Waals surface area (Å²) in [7, 11) is 1.54. The average Bonchev–Trinajstić information content (AvgIpc) is 3.62. The maximum absolute atomic E-state index is 15.8. The zero-order chi connectivity index (χ0) is 34.0. The first-order valence-electron chi connectivity index (χ1n) is 15.7. The van der Waals surface area contributed by atoms with Crippen molar-refractivity contribution in [3.63, 3.8) is 0 Å². The number of hydrogen-bond acceptors (Lipinski definition) is 7. The van der Waals surface area contributed by atoms with Crippen LogP contribution in [0.1, 0.15) is 34.6 Å². The van der Waals surface area contributed by atoms with Crippen LogP contribution in [0.2, 0.25) is 0 Å². The van der Waals surface area contributed by atoms with Crippen molar-refractivity contribution in [1.29, 1.82) is 0 Å². The molecule has 0 radical (unpaired) electrons. The van der Waals surface area contributed by atoms with Crippen molar-refractivity contribution in [2.45, 2.75) is 40.7 Å². The Morgan fingerprint density at radius 2 is 1.57 bits per heavy atom. The molecule has 1 unspecified atom stereocenters. The highest BCUT2D eigenvalue weighted by Gasteiger charge is 2.70. The summed E-state index contributed by atoms with van der Waals surface area (Å²) in [6.07, 6.45) is 1.55. The summed E-state index contributed by atoms with van der Waals surface area (Å²) in [5.41, 5.74) is 5.21. The van der Waals surface area contributed by atoms with Crippen LogP contribution in [0, 0.1) is 28.9 Å². The Bertz CT molecular complexity index is 1770. The third kappa shape index (κ3) is 6.19. The molecule has 1 heterocycles. The van der Waals surface area contributed by atoms with Crippen molar-refractivity contribution < 1.29 is 32.6 Å². The number of nitrogens with two attached hydrogens (primary N) is 1. The van der Waals surface area contributed by atoms with Gasteiger partial charge in [0, 0.05) is 35.4 Å². The fourth-order valence-corrected chi connectivity index (χ4v) is 6.36. The molecule has 2 amide bonds. The van der Waals surface area contributed by atoms with E-state index >= 15 is 4.39 Å². The van der Waals surface area contributed by atoms with Crippen LogP contribution in [0.5, 0.6) is 23.0 Å². The largest absolute Gasteiger partial charge is 0.493 e. The quantitative estimate of drug-likeness (QED) is 0.159. The lowest BCUT2D eigenvalue weighted by Gasteiger charge is -2.27. The van der Waals surface area contributed by atoms with Crippen molar-refractivity contribution >= 4 is 34.1 Å². The lowest BCUT2D eigenvalue weighted by Crippen LogP contribution is -2.43. The lowest BCUT2D eigenvalue weighted by atomic mass is 9.98. The number of benzene rings is 3. The molecule has 1 saturated carbocycles. The van der Waals surface area contributed by atoms with Gasteiger partial charge in [0.25, 0.3) is 0 Å². The zero-order valence-electron chi connectivity index (χ0n) is 27.4. The van der Waals surface area contributed by atoms with Gasteiger partial charge in [-0.05, 0) is 80.4 Å². The molecule has 3 atom stereocenters. The van der Waals surface area contributed by atoms with E-state index in [1.54, 1.807) is 38.2 Å². The number of aromatic nitrogens is 1. The Balaban J connectivity index is 1.46. The van der Waals surface area contributed by atoms with Crippen LogP contribution in [0.15, 0.2) is 66.9 Å². The van der Waals surface area contributed by atoms with Gasteiger partial charge in [-0.25, -0.2) is 8.78 Å². The molecule has 2 N–H and O–H groups in total. The number of ether oxygens (including phenoxy) is 3. The second-order valence-electron chi connectivity index (χ2n) is 11.9. The Kier molecular flexibility index (Phi) is 9.67. The number of pyridine rings is 1. The highest BCUT2D eigenvalue weighted by Crippen LogP contribution is 2.60. The zero-order valence-corrected chi connectivity index (χ0v) is 27.4. The minimum absolute atomic E-state index is 0.113. The van der Waals surface area contributed by atoms with E-state index in [1.165, 1.54) is 48.4 Å². The van der Waals surface area contributed by atoms with Crippen molar-refractivity contribution in [1.82, 2.24) is 9.88 Å². The van der Waals surface area contributed by atoms with E-state index in [2.05, 4.69) is 30.7 Å². The monoisotopic (exact) mass is 646 g/mol. The van der Waals surface area contributed by atoms with Gasteiger partial charge < -0.3 is 19.9 Å². The number of fused-ring (bicyclic) bond motifs is 1. The van der Waals surface area contributed by atoms with Crippen LogP contribution in [0.4, 0.5) is 20.2 Å². The Morgan fingerprint density at radius 1 is 0.915 bits per heavy atom. The van der Waals surface area contributed by atoms with Gasteiger partial charge >= 0.3 is 0 Å². The number of carbonyl (C=O) groups is 2. The van der Waals surface area contributed by atoms with Gasteiger partial charge in [0.05, 0.1) is 18.3 Å². The van der Waals surface area contributed by atoms with Gasteiger partial charge in [-0.3, -0.25) is 24.4 Å². The summed E-state index contributed by atoms with van der Waals surface area (Å²) in [5, 5.41) is 0.570. The molecule has 47 heavy (non-hydrogen) atoms. The molecule has 3 aromatic carbocycles. The highest BCUT2D eigenvalue weighted by atomic mass is 19.1. The third-order valence-corrected chi connectivity index (χ3v) is 9.42. The maximum atomic E-state index is 15.8. The Morgan fingerprint density at radius 3 is 2.15 bits per heavy atom. The normalized spacial score (nSPS) is 19.3. The summed E-state index contributed by atoms with van der Waals surface area (Å²) in [4.78, 5) is 34.5. The number of carbonyl (C=O) groups excluding carboxylic acids is 2. The molecular formula is C36H40F2N4O5. The number of methoxy groups -OCH3 is 1. The standard InChI is InChI=1S/C36H40F2N4O5/c1-7-41(8-2)21(3)20-46-33-19-29-27(18-32(33)45-6)30(15-16-40-29)47-31-14-13-26(17-28(31)38)42(25-11-9-24(37)10-12-25)35(44)36(34(39)43)22(4)23(36)5/h9-19,21-23H,7-8,20H2,1-6H3,(H2,39,43)/t21?,22-,23-/m1/s1. The van der Waals surface area contributed by atoms with Crippen molar-refractivity contribution in [2.75, 3.05) is 31.7 Å². The summed E-state index contributed by atoms with van der Waals surface area (Å²) in [6, 6.07) is 14.5. The first kappa shape index (κ1) is 33.6. The first-order valence-corrected chi connectivity index (χ1v) is 15.7. The second kappa shape index (κ2) is 13.5. The van der Waals surface area contributed by atoms with Crippen LogP contribution in [-0.2, 0) is 9.59 Å². The summed E-state index contributed by atoms with van der Waals surface area (Å²) >= 11 is 0. The molecule has 1 aliphatic rings. The molecule has 11 heteroatoms. The van der Waals surface area contributed by atoms with Gasteiger partial charge in [-0.1, -0.05) is 27.7 Å². The van der Waals surface area contributed by atoms with E-state index in [9.17, 15) is 14.0 Å². The fourth-order valence-electron chi connectivity index (χ4n) is 6.36. The summed E-state index contributed by atoms with van der Waals surface area (Å²) in [6.45, 7) is 12.1. The van der Waals surface area contributed by atoms with Crippen LogP contribution >= 0.6 is 0 Å². The molecule has 248 valence electrons. The molecule has 9 nitrogen and oxygen atoms in total. The molecule has 0 spiro atoms. The number of amides is 2. The van der Waals surface area contributed by atoms with Gasteiger partial charge in [-0.15, -0.1) is 0 Å². The van der Waals surface area contributed by atoms with Gasteiger partial charge in [0.15, 0.2) is 23.1 Å². The second-order valence-corrected chi connectivity index (χ2v) is 11.9. The Labute approximate surface area is 273 Å². The number of rotatable bonds is 13. The predicted octanol–water partition coefficient (Wildman–Crippen LogP) is 6.85. The molecule has 0 saturated heterocycles. The molecular weight excluding hydrogens is 606 g/mol. The molecule has 1 fully saturated rings. The first-order chi connectivity index (χ1) is 22.5. The van der Waals surface area contributed by atoms with E-state index < -0.39 is 28.9 Å². The molecule has 1 aromatic heterocycles. The molecule has 1 aliphatic carbocycles. The molecule has 4 aromatic rings. The topological polar surface area (TPSA) is 107 Å². The number of anilines is 2. The average molecular weight is 647 g/mol. The molecule has 5 rings (SSSR count). The van der Waals surface area contributed by atoms with Crippen molar-refractivity contribution in [3.8, 4) is 23.0 Å². The summed E-state index contributed by atoms with van der Waals surface area (Å²) < 4.78 is 47.4. The SMILES string of the molecule is CCN(CC)C(C)COc1cc2nccc(Oc3ccc(N(C(=O)C4(C(N)=O)[C@H](C)[C@H]4C)c4ccc(F)cc4)cc3F)c2cc1OC. The number of hydrogen-bond donors (Lipinski definition) is 1.